The van der Waals surface area contributed by atoms with Crippen LogP contribution in [0.25, 0.3) is 11.0 Å². The van der Waals surface area contributed by atoms with Crippen LogP contribution < -0.4 is 0 Å². The first-order chi connectivity index (χ1) is 12.8. The van der Waals surface area contributed by atoms with Crippen molar-refractivity contribution in [1.29, 1.82) is 0 Å². The highest BCUT2D eigenvalue weighted by Gasteiger charge is 2.19. The standard InChI is InChI=1S/C19H22FN3O2S2/c1-4-11-23-18-10-9-16(27(24,25)22(2)3)12-17(18)21-19(23)13-26-15-7-5-14(20)6-8-15/h5-10,12H,4,11,13H2,1-3H3. The first-order valence-electron chi connectivity index (χ1n) is 8.63. The molecule has 0 fully saturated rings. The molecule has 0 aliphatic carbocycles. The summed E-state index contributed by atoms with van der Waals surface area (Å²) >= 11 is 1.58. The fourth-order valence-electron chi connectivity index (χ4n) is 2.79. The average Bonchev–Trinajstić information content (AvgIpc) is 2.98. The zero-order chi connectivity index (χ0) is 19.6. The Morgan fingerprint density at radius 1 is 1.15 bits per heavy atom. The summed E-state index contributed by atoms with van der Waals surface area (Å²) in [4.78, 5) is 5.88. The van der Waals surface area contributed by atoms with Gasteiger partial charge in [0.15, 0.2) is 0 Å². The third kappa shape index (κ3) is 4.17. The molecule has 0 spiro atoms. The number of hydrogen-bond acceptors (Lipinski definition) is 4. The largest absolute Gasteiger partial charge is 0.327 e. The van der Waals surface area contributed by atoms with Crippen LogP contribution in [0, 0.1) is 5.82 Å². The number of fused-ring (bicyclic) bond motifs is 1. The maximum Gasteiger partial charge on any atom is 0.242 e. The van der Waals surface area contributed by atoms with Crippen LogP contribution >= 0.6 is 11.8 Å². The Bertz CT molecular complexity index is 1040. The third-order valence-electron chi connectivity index (χ3n) is 4.21. The van der Waals surface area contributed by atoms with Crippen molar-refractivity contribution in [3.63, 3.8) is 0 Å². The van der Waals surface area contributed by atoms with Gasteiger partial charge in [-0.05, 0) is 48.9 Å². The van der Waals surface area contributed by atoms with Gasteiger partial charge in [0.1, 0.15) is 11.6 Å². The molecule has 3 aromatic rings. The van der Waals surface area contributed by atoms with E-state index in [2.05, 4.69) is 16.5 Å². The van der Waals surface area contributed by atoms with Crippen LogP contribution in [0.15, 0.2) is 52.3 Å². The zero-order valence-corrected chi connectivity index (χ0v) is 17.1. The summed E-state index contributed by atoms with van der Waals surface area (Å²) in [6.45, 7) is 2.89. The molecule has 0 bridgehead atoms. The lowest BCUT2D eigenvalue weighted by Gasteiger charge is -2.11. The van der Waals surface area contributed by atoms with Gasteiger partial charge in [-0.15, -0.1) is 11.8 Å². The predicted molar refractivity (Wildman–Crippen MR) is 107 cm³/mol. The molecule has 8 heteroatoms. The summed E-state index contributed by atoms with van der Waals surface area (Å²) in [6.07, 6.45) is 0.942. The Morgan fingerprint density at radius 2 is 1.85 bits per heavy atom. The molecule has 0 aliphatic heterocycles. The van der Waals surface area contributed by atoms with Gasteiger partial charge in [-0.3, -0.25) is 0 Å². The SMILES string of the molecule is CCCn1c(CSc2ccc(F)cc2)nc2cc(S(=O)(=O)N(C)C)ccc21. The number of imidazole rings is 1. The topological polar surface area (TPSA) is 55.2 Å². The molecule has 0 aliphatic rings. The van der Waals surface area contributed by atoms with E-state index in [1.807, 2.05) is 6.07 Å². The van der Waals surface area contributed by atoms with E-state index in [9.17, 15) is 12.8 Å². The van der Waals surface area contributed by atoms with Crippen molar-refractivity contribution in [1.82, 2.24) is 13.9 Å². The molecule has 0 saturated carbocycles. The van der Waals surface area contributed by atoms with Gasteiger partial charge in [0, 0.05) is 25.5 Å². The smallest absolute Gasteiger partial charge is 0.242 e. The molecule has 1 aromatic heterocycles. The summed E-state index contributed by atoms with van der Waals surface area (Å²) in [7, 11) is -0.472. The molecule has 0 amide bonds. The fraction of sp³-hybridized carbons (Fsp3) is 0.316. The summed E-state index contributed by atoms with van der Waals surface area (Å²) in [5, 5.41) is 0. The Morgan fingerprint density at radius 3 is 2.48 bits per heavy atom. The molecule has 3 rings (SSSR count). The Kier molecular flexibility index (Phi) is 5.88. The van der Waals surface area contributed by atoms with Crippen molar-refractivity contribution in [3.8, 4) is 0 Å². The second kappa shape index (κ2) is 8.00. The van der Waals surface area contributed by atoms with E-state index in [-0.39, 0.29) is 10.7 Å². The van der Waals surface area contributed by atoms with Gasteiger partial charge >= 0.3 is 0 Å². The third-order valence-corrected chi connectivity index (χ3v) is 7.03. The second-order valence-corrected chi connectivity index (χ2v) is 9.56. The molecule has 0 unspecified atom stereocenters. The van der Waals surface area contributed by atoms with Crippen LogP contribution in [0.1, 0.15) is 19.2 Å². The second-order valence-electron chi connectivity index (χ2n) is 6.36. The minimum Gasteiger partial charge on any atom is -0.327 e. The lowest BCUT2D eigenvalue weighted by molar-refractivity contribution is 0.521. The van der Waals surface area contributed by atoms with Crippen molar-refractivity contribution in [2.75, 3.05) is 14.1 Å². The lowest BCUT2D eigenvalue weighted by atomic mass is 10.3. The van der Waals surface area contributed by atoms with Crippen molar-refractivity contribution in [3.05, 3.63) is 54.1 Å². The van der Waals surface area contributed by atoms with E-state index >= 15 is 0 Å². The Balaban J connectivity index is 1.96. The molecule has 144 valence electrons. The van der Waals surface area contributed by atoms with Crippen molar-refractivity contribution in [2.24, 2.45) is 0 Å². The van der Waals surface area contributed by atoms with E-state index in [0.29, 0.717) is 11.3 Å². The van der Waals surface area contributed by atoms with Crippen LogP contribution in [0.5, 0.6) is 0 Å². The van der Waals surface area contributed by atoms with Crippen LogP contribution in [0.2, 0.25) is 0 Å². The van der Waals surface area contributed by atoms with Crippen molar-refractivity contribution in [2.45, 2.75) is 35.4 Å². The van der Waals surface area contributed by atoms with Crippen molar-refractivity contribution >= 4 is 32.8 Å². The number of aromatic nitrogens is 2. The predicted octanol–water partition coefficient (Wildman–Crippen LogP) is 4.13. The number of hydrogen-bond donors (Lipinski definition) is 0. The van der Waals surface area contributed by atoms with Crippen molar-refractivity contribution < 1.29 is 12.8 Å². The van der Waals surface area contributed by atoms with Crippen LogP contribution in [0.3, 0.4) is 0 Å². The van der Waals surface area contributed by atoms with Gasteiger partial charge in [0.25, 0.3) is 0 Å². The molecule has 2 aromatic carbocycles. The Hall–Kier alpha value is -1.90. The van der Waals surface area contributed by atoms with Crippen LogP contribution in [-0.4, -0.2) is 36.4 Å². The van der Waals surface area contributed by atoms with Gasteiger partial charge in [0.2, 0.25) is 10.0 Å². The first kappa shape index (κ1) is 19.9. The van der Waals surface area contributed by atoms with E-state index in [0.717, 1.165) is 29.2 Å². The highest BCUT2D eigenvalue weighted by Crippen LogP contribution is 2.27. The van der Waals surface area contributed by atoms with Gasteiger partial charge in [0.05, 0.1) is 21.7 Å². The minimum atomic E-state index is -3.50. The highest BCUT2D eigenvalue weighted by atomic mass is 32.2. The maximum absolute atomic E-state index is 13.1. The van der Waals surface area contributed by atoms with Gasteiger partial charge in [-0.2, -0.15) is 0 Å². The number of benzene rings is 2. The van der Waals surface area contributed by atoms with Crippen LogP contribution in [0.4, 0.5) is 4.39 Å². The highest BCUT2D eigenvalue weighted by molar-refractivity contribution is 7.98. The van der Waals surface area contributed by atoms with E-state index in [1.54, 1.807) is 36.0 Å². The maximum atomic E-state index is 13.1. The molecule has 27 heavy (non-hydrogen) atoms. The number of sulfonamides is 1. The number of thioether (sulfide) groups is 1. The van der Waals surface area contributed by atoms with E-state index in [1.165, 1.54) is 30.5 Å². The monoisotopic (exact) mass is 407 g/mol. The number of nitrogens with zero attached hydrogens (tertiary/aromatic N) is 3. The van der Waals surface area contributed by atoms with E-state index in [4.69, 9.17) is 0 Å². The summed E-state index contributed by atoms with van der Waals surface area (Å²) in [5.41, 5.74) is 1.59. The average molecular weight is 408 g/mol. The lowest BCUT2D eigenvalue weighted by Crippen LogP contribution is -2.22. The summed E-state index contributed by atoms with van der Waals surface area (Å²) in [5.74, 6) is 1.24. The molecule has 0 saturated heterocycles. The molecular formula is C19H22FN3O2S2. The zero-order valence-electron chi connectivity index (χ0n) is 15.5. The first-order valence-corrected chi connectivity index (χ1v) is 11.1. The van der Waals surface area contributed by atoms with Gasteiger partial charge < -0.3 is 4.57 Å². The number of halogens is 1. The molecular weight excluding hydrogens is 385 g/mol. The number of rotatable bonds is 7. The minimum absolute atomic E-state index is 0.235. The van der Waals surface area contributed by atoms with Gasteiger partial charge in [-0.1, -0.05) is 6.92 Å². The number of aryl methyl sites for hydroxylation is 1. The molecule has 5 nitrogen and oxygen atoms in total. The quantitative estimate of drug-likeness (QED) is 0.553. The Labute approximate surface area is 163 Å². The fourth-order valence-corrected chi connectivity index (χ4v) is 4.56. The molecule has 0 radical (unpaired) electrons. The molecule has 0 atom stereocenters. The van der Waals surface area contributed by atoms with Crippen LogP contribution in [-0.2, 0) is 22.3 Å². The normalized spacial score (nSPS) is 12.2. The summed E-state index contributed by atoms with van der Waals surface area (Å²) < 4.78 is 41.2. The molecule has 1 heterocycles. The summed E-state index contributed by atoms with van der Waals surface area (Å²) in [6, 6.07) is 11.4. The van der Waals surface area contributed by atoms with Gasteiger partial charge in [-0.25, -0.2) is 22.1 Å². The molecule has 0 N–H and O–H groups in total. The van der Waals surface area contributed by atoms with E-state index < -0.39 is 10.0 Å².